The van der Waals surface area contributed by atoms with Gasteiger partial charge in [-0.2, -0.15) is 5.10 Å². The number of anilines is 1. The molecular formula is C19H20ClN3. The number of rotatable bonds is 4. The molecule has 0 saturated carbocycles. The molecule has 0 amide bonds. The number of allylic oxidation sites excluding steroid dienone is 1. The maximum atomic E-state index is 6.23. The molecule has 118 valence electrons. The maximum Gasteiger partial charge on any atom is 0.0657 e. The predicted molar refractivity (Wildman–Crippen MR) is 99.0 cm³/mol. The van der Waals surface area contributed by atoms with Crippen molar-refractivity contribution in [1.82, 2.24) is 5.01 Å². The molecule has 1 aliphatic rings. The third kappa shape index (κ3) is 4.60. The van der Waals surface area contributed by atoms with E-state index in [1.165, 1.54) is 5.69 Å². The number of benzene rings is 2. The summed E-state index contributed by atoms with van der Waals surface area (Å²) in [6.07, 6.45) is 3.65. The Hall–Kier alpha value is -2.26. The highest BCUT2D eigenvalue weighted by Crippen LogP contribution is 2.16. The zero-order valence-electron chi connectivity index (χ0n) is 13.0. The van der Waals surface area contributed by atoms with E-state index in [0.717, 1.165) is 31.7 Å². The van der Waals surface area contributed by atoms with E-state index in [0.29, 0.717) is 5.03 Å². The number of nitrogens with zero attached hydrogens (tertiary/aromatic N) is 3. The van der Waals surface area contributed by atoms with Crippen LogP contribution >= 0.6 is 11.6 Å². The van der Waals surface area contributed by atoms with Crippen LogP contribution in [0.1, 0.15) is 5.56 Å². The summed E-state index contributed by atoms with van der Waals surface area (Å²) in [5, 5.41) is 7.20. The summed E-state index contributed by atoms with van der Waals surface area (Å²) in [4.78, 5) is 2.38. The summed E-state index contributed by atoms with van der Waals surface area (Å²) in [6, 6.07) is 20.5. The second kappa shape index (κ2) is 7.84. The zero-order valence-corrected chi connectivity index (χ0v) is 13.7. The van der Waals surface area contributed by atoms with E-state index in [2.05, 4.69) is 39.3 Å². The van der Waals surface area contributed by atoms with Crippen LogP contribution in [0.25, 0.3) is 6.08 Å². The molecule has 3 rings (SSSR count). The monoisotopic (exact) mass is 325 g/mol. The van der Waals surface area contributed by atoms with Crippen molar-refractivity contribution in [2.45, 2.75) is 0 Å². The highest BCUT2D eigenvalue weighted by atomic mass is 35.5. The van der Waals surface area contributed by atoms with E-state index >= 15 is 0 Å². The molecule has 0 atom stereocenters. The van der Waals surface area contributed by atoms with Crippen LogP contribution in [0.3, 0.4) is 0 Å². The van der Waals surface area contributed by atoms with Crippen LogP contribution in [-0.4, -0.2) is 37.4 Å². The summed E-state index contributed by atoms with van der Waals surface area (Å²) in [7, 11) is 0. The normalized spacial score (nSPS) is 16.1. The quantitative estimate of drug-likeness (QED) is 0.789. The zero-order chi connectivity index (χ0) is 15.9. The van der Waals surface area contributed by atoms with Crippen molar-refractivity contribution in [3.63, 3.8) is 0 Å². The van der Waals surface area contributed by atoms with Gasteiger partial charge in [0.1, 0.15) is 0 Å². The van der Waals surface area contributed by atoms with E-state index < -0.39 is 0 Å². The number of hydrogen-bond acceptors (Lipinski definition) is 3. The molecule has 1 fully saturated rings. The van der Waals surface area contributed by atoms with Crippen molar-refractivity contribution in [3.8, 4) is 0 Å². The van der Waals surface area contributed by atoms with Crippen LogP contribution in [0.15, 0.2) is 70.8 Å². The van der Waals surface area contributed by atoms with Crippen LogP contribution in [0.5, 0.6) is 0 Å². The number of piperazine rings is 1. The number of para-hydroxylation sites is 1. The summed E-state index contributed by atoms with van der Waals surface area (Å²) in [6.45, 7) is 3.75. The molecule has 0 aromatic heterocycles. The summed E-state index contributed by atoms with van der Waals surface area (Å²) in [5.74, 6) is 0. The molecule has 0 N–H and O–H groups in total. The molecule has 0 aliphatic carbocycles. The summed E-state index contributed by atoms with van der Waals surface area (Å²) >= 11 is 6.23. The van der Waals surface area contributed by atoms with Crippen molar-refractivity contribution in [3.05, 3.63) is 71.3 Å². The van der Waals surface area contributed by atoms with Crippen molar-refractivity contribution < 1.29 is 0 Å². The molecule has 0 unspecified atom stereocenters. The van der Waals surface area contributed by atoms with Crippen molar-refractivity contribution in [2.24, 2.45) is 5.10 Å². The Morgan fingerprint density at radius 1 is 0.870 bits per heavy atom. The Labute approximate surface area is 142 Å². The Morgan fingerprint density at radius 2 is 1.48 bits per heavy atom. The van der Waals surface area contributed by atoms with Gasteiger partial charge in [-0.3, -0.25) is 5.01 Å². The van der Waals surface area contributed by atoms with Gasteiger partial charge >= 0.3 is 0 Å². The van der Waals surface area contributed by atoms with Crippen molar-refractivity contribution in [2.75, 3.05) is 31.1 Å². The van der Waals surface area contributed by atoms with Crippen LogP contribution in [0.4, 0.5) is 5.69 Å². The van der Waals surface area contributed by atoms with Gasteiger partial charge < -0.3 is 4.90 Å². The predicted octanol–water partition coefficient (Wildman–Crippen LogP) is 4.07. The molecular weight excluding hydrogens is 306 g/mol. The number of hydrogen-bond donors (Lipinski definition) is 0. The SMILES string of the molecule is ClC(C=NN1CCN(c2ccccc2)CC1)=Cc1ccccc1. The summed E-state index contributed by atoms with van der Waals surface area (Å²) < 4.78 is 0. The van der Waals surface area contributed by atoms with Gasteiger partial charge in [-0.15, -0.1) is 0 Å². The number of halogens is 1. The maximum absolute atomic E-state index is 6.23. The first-order valence-corrected chi connectivity index (χ1v) is 8.20. The van der Waals surface area contributed by atoms with Crippen molar-refractivity contribution in [1.29, 1.82) is 0 Å². The third-order valence-electron chi connectivity index (χ3n) is 3.83. The standard InChI is InChI=1S/C19H20ClN3/c20-18(15-17-7-3-1-4-8-17)16-21-23-13-11-22(12-14-23)19-9-5-2-6-10-19/h1-10,15-16H,11-14H2. The fourth-order valence-corrected chi connectivity index (χ4v) is 2.76. The first kappa shape index (κ1) is 15.6. The van der Waals surface area contributed by atoms with Crippen LogP contribution in [-0.2, 0) is 0 Å². The lowest BCUT2D eigenvalue weighted by Gasteiger charge is -2.34. The van der Waals surface area contributed by atoms with E-state index in [-0.39, 0.29) is 0 Å². The van der Waals surface area contributed by atoms with Gasteiger partial charge in [0.25, 0.3) is 0 Å². The molecule has 0 spiro atoms. The van der Waals surface area contributed by atoms with Crippen molar-refractivity contribution >= 4 is 29.6 Å². The molecule has 1 heterocycles. The second-order valence-electron chi connectivity index (χ2n) is 5.46. The molecule has 3 nitrogen and oxygen atoms in total. The largest absolute Gasteiger partial charge is 0.368 e. The van der Waals surface area contributed by atoms with E-state index in [4.69, 9.17) is 11.6 Å². The Bertz CT molecular complexity index is 660. The minimum Gasteiger partial charge on any atom is -0.368 e. The average molecular weight is 326 g/mol. The topological polar surface area (TPSA) is 18.8 Å². The molecule has 2 aromatic rings. The molecule has 0 bridgehead atoms. The van der Waals surface area contributed by atoms with Gasteiger partial charge in [0.05, 0.1) is 24.3 Å². The smallest absolute Gasteiger partial charge is 0.0657 e. The van der Waals surface area contributed by atoms with E-state index in [1.807, 2.05) is 42.5 Å². The van der Waals surface area contributed by atoms with E-state index in [1.54, 1.807) is 6.21 Å². The minimum absolute atomic E-state index is 0.640. The molecule has 23 heavy (non-hydrogen) atoms. The lowest BCUT2D eigenvalue weighted by atomic mass is 10.2. The van der Waals surface area contributed by atoms with Gasteiger partial charge in [0.2, 0.25) is 0 Å². The highest BCUT2D eigenvalue weighted by Gasteiger charge is 2.15. The Kier molecular flexibility index (Phi) is 5.33. The molecule has 1 saturated heterocycles. The van der Waals surface area contributed by atoms with Gasteiger partial charge in [0, 0.05) is 18.8 Å². The Morgan fingerprint density at radius 3 is 2.13 bits per heavy atom. The molecule has 0 radical (unpaired) electrons. The van der Waals surface area contributed by atoms with Gasteiger partial charge in [-0.05, 0) is 23.8 Å². The van der Waals surface area contributed by atoms with Crippen LogP contribution < -0.4 is 4.90 Å². The lowest BCUT2D eigenvalue weighted by molar-refractivity contribution is 0.272. The Balaban J connectivity index is 1.53. The number of hydrazone groups is 1. The second-order valence-corrected chi connectivity index (χ2v) is 5.90. The lowest BCUT2D eigenvalue weighted by Crippen LogP contribution is -2.44. The molecule has 1 aliphatic heterocycles. The third-order valence-corrected chi connectivity index (χ3v) is 4.03. The van der Waals surface area contributed by atoms with Gasteiger partial charge in [-0.1, -0.05) is 60.1 Å². The molecule has 2 aromatic carbocycles. The fraction of sp³-hybridized carbons (Fsp3) is 0.211. The van der Waals surface area contributed by atoms with Crippen LogP contribution in [0.2, 0.25) is 0 Å². The first-order chi connectivity index (χ1) is 11.3. The van der Waals surface area contributed by atoms with Gasteiger partial charge in [0.15, 0.2) is 0 Å². The average Bonchev–Trinajstić information content (AvgIpc) is 2.62. The summed E-state index contributed by atoms with van der Waals surface area (Å²) in [5.41, 5.74) is 2.36. The van der Waals surface area contributed by atoms with Gasteiger partial charge in [-0.25, -0.2) is 0 Å². The fourth-order valence-electron chi connectivity index (χ4n) is 2.59. The highest BCUT2D eigenvalue weighted by molar-refractivity contribution is 6.41. The molecule has 4 heteroatoms. The first-order valence-electron chi connectivity index (χ1n) is 7.82. The minimum atomic E-state index is 0.640. The van der Waals surface area contributed by atoms with E-state index in [9.17, 15) is 0 Å². The van der Waals surface area contributed by atoms with Crippen LogP contribution in [0, 0.1) is 0 Å².